The number of thiazole rings is 1. The van der Waals surface area contributed by atoms with Crippen LogP contribution in [-0.4, -0.2) is 28.9 Å². The number of aromatic nitrogens is 1. The molecule has 0 radical (unpaired) electrons. The van der Waals surface area contributed by atoms with Gasteiger partial charge >= 0.3 is 0 Å². The van der Waals surface area contributed by atoms with E-state index in [2.05, 4.69) is 52.5 Å². The number of aliphatic imine (C=N–C) groups is 1. The van der Waals surface area contributed by atoms with E-state index < -0.39 is 0 Å². The maximum absolute atomic E-state index is 6.13. The van der Waals surface area contributed by atoms with Gasteiger partial charge in [0.05, 0.1) is 17.2 Å². The molecular weight excluding hydrogens is 443 g/mol. The van der Waals surface area contributed by atoms with Gasteiger partial charge in [0.2, 0.25) is 0 Å². The van der Waals surface area contributed by atoms with E-state index in [1.165, 1.54) is 23.4 Å². The summed E-state index contributed by atoms with van der Waals surface area (Å²) in [7, 11) is 0. The number of halogens is 1. The molecule has 1 aliphatic rings. The van der Waals surface area contributed by atoms with Crippen molar-refractivity contribution in [1.82, 2.24) is 9.88 Å². The van der Waals surface area contributed by atoms with Crippen molar-refractivity contribution in [2.45, 2.75) is 39.2 Å². The van der Waals surface area contributed by atoms with Crippen molar-refractivity contribution in [3.63, 3.8) is 0 Å². The van der Waals surface area contributed by atoms with Gasteiger partial charge < -0.3 is 10.6 Å². The second-order valence-corrected chi connectivity index (χ2v) is 7.50. The number of hydrogen-bond acceptors (Lipinski definition) is 3. The Bertz CT molecular complexity index is 663. The van der Waals surface area contributed by atoms with Crippen molar-refractivity contribution >= 4 is 41.3 Å². The minimum absolute atomic E-state index is 0. The predicted molar refractivity (Wildman–Crippen MR) is 117 cm³/mol. The highest BCUT2D eigenvalue weighted by atomic mass is 127. The molecule has 3 rings (SSSR count). The Labute approximate surface area is 171 Å². The second-order valence-electron chi connectivity index (χ2n) is 6.56. The molecule has 1 saturated heterocycles. The lowest BCUT2D eigenvalue weighted by Crippen LogP contribution is -2.42. The van der Waals surface area contributed by atoms with Gasteiger partial charge in [0.1, 0.15) is 0 Å². The van der Waals surface area contributed by atoms with Gasteiger partial charge in [-0.05, 0) is 30.7 Å². The Morgan fingerprint density at radius 2 is 1.96 bits per heavy atom. The van der Waals surface area contributed by atoms with E-state index in [4.69, 9.17) is 10.7 Å². The average molecular weight is 470 g/mol. The van der Waals surface area contributed by atoms with Crippen LogP contribution in [0.4, 0.5) is 0 Å². The fraction of sp³-hybridized carbons (Fsp3) is 0.474. The normalized spacial score (nSPS) is 15.9. The third-order valence-electron chi connectivity index (χ3n) is 4.58. The number of rotatable bonds is 5. The van der Waals surface area contributed by atoms with Crippen LogP contribution in [0.25, 0.3) is 0 Å². The molecule has 25 heavy (non-hydrogen) atoms. The molecule has 2 aromatic rings. The number of piperidine rings is 1. The quantitative estimate of drug-likeness (QED) is 0.407. The molecular formula is C19H27IN4S. The van der Waals surface area contributed by atoms with Crippen LogP contribution in [-0.2, 0) is 19.4 Å². The van der Waals surface area contributed by atoms with E-state index in [0.29, 0.717) is 12.5 Å². The Morgan fingerprint density at radius 3 is 2.68 bits per heavy atom. The molecule has 136 valence electrons. The molecule has 4 nitrogen and oxygen atoms in total. The summed E-state index contributed by atoms with van der Waals surface area (Å²) in [6.07, 6.45) is 4.43. The molecule has 0 bridgehead atoms. The molecule has 0 aliphatic carbocycles. The number of guanidine groups is 1. The SMILES string of the molecule is CC1CCN(C(N)=NCc2csc(CCc3ccccc3)n2)CC1.I. The van der Waals surface area contributed by atoms with E-state index in [9.17, 15) is 0 Å². The lowest BCUT2D eigenvalue weighted by molar-refractivity contribution is 0.277. The Hall–Kier alpha value is -1.15. The molecule has 0 atom stereocenters. The molecule has 6 heteroatoms. The summed E-state index contributed by atoms with van der Waals surface area (Å²) in [5.41, 5.74) is 8.52. The summed E-state index contributed by atoms with van der Waals surface area (Å²) >= 11 is 1.72. The number of hydrogen-bond donors (Lipinski definition) is 1. The first-order valence-electron chi connectivity index (χ1n) is 8.73. The first kappa shape index (κ1) is 20.2. The molecule has 1 aromatic heterocycles. The molecule has 1 aliphatic heterocycles. The van der Waals surface area contributed by atoms with Gasteiger partial charge in [0.25, 0.3) is 0 Å². The maximum Gasteiger partial charge on any atom is 0.191 e. The number of nitrogens with zero attached hydrogens (tertiary/aromatic N) is 3. The number of likely N-dealkylation sites (tertiary alicyclic amines) is 1. The molecule has 2 heterocycles. The minimum Gasteiger partial charge on any atom is -0.370 e. The summed E-state index contributed by atoms with van der Waals surface area (Å²) in [5.74, 6) is 1.47. The Balaban J connectivity index is 0.00000225. The highest BCUT2D eigenvalue weighted by molar-refractivity contribution is 14.0. The van der Waals surface area contributed by atoms with Gasteiger partial charge in [-0.25, -0.2) is 9.98 Å². The Morgan fingerprint density at radius 1 is 1.24 bits per heavy atom. The Kier molecular flexibility index (Phi) is 8.15. The van der Waals surface area contributed by atoms with Gasteiger partial charge in [0.15, 0.2) is 5.96 Å². The average Bonchev–Trinajstić information content (AvgIpc) is 3.07. The van der Waals surface area contributed by atoms with Crippen molar-refractivity contribution in [2.24, 2.45) is 16.6 Å². The molecule has 2 N–H and O–H groups in total. The summed E-state index contributed by atoms with van der Waals surface area (Å²) < 4.78 is 0. The van der Waals surface area contributed by atoms with Crippen molar-refractivity contribution in [3.05, 3.63) is 52.0 Å². The lowest BCUT2D eigenvalue weighted by Gasteiger charge is -2.30. The number of nitrogens with two attached hydrogens (primary N) is 1. The van der Waals surface area contributed by atoms with Crippen LogP contribution in [0.15, 0.2) is 40.7 Å². The topological polar surface area (TPSA) is 54.5 Å². The standard InChI is InChI=1S/C19H26N4S.HI/c1-15-9-11-23(12-10-15)19(20)21-13-17-14-24-18(22-17)8-7-16-5-3-2-4-6-16;/h2-6,14-15H,7-13H2,1H3,(H2,20,21);1H. The van der Waals surface area contributed by atoms with Crippen LogP contribution in [0.2, 0.25) is 0 Å². The molecule has 0 amide bonds. The number of aryl methyl sites for hydroxylation is 2. The third-order valence-corrected chi connectivity index (χ3v) is 5.54. The van der Waals surface area contributed by atoms with Gasteiger partial charge in [-0.2, -0.15) is 0 Å². The smallest absolute Gasteiger partial charge is 0.191 e. The maximum atomic E-state index is 6.13. The first-order chi connectivity index (χ1) is 11.7. The van der Waals surface area contributed by atoms with Gasteiger partial charge in [-0.15, -0.1) is 35.3 Å². The van der Waals surface area contributed by atoms with E-state index in [1.807, 2.05) is 0 Å². The van der Waals surface area contributed by atoms with Crippen molar-refractivity contribution in [2.75, 3.05) is 13.1 Å². The predicted octanol–water partition coefficient (Wildman–Crippen LogP) is 4.09. The molecule has 1 aromatic carbocycles. The second kappa shape index (κ2) is 10.1. The fourth-order valence-corrected chi connectivity index (χ4v) is 3.72. The van der Waals surface area contributed by atoms with Crippen molar-refractivity contribution in [3.8, 4) is 0 Å². The summed E-state index contributed by atoms with van der Waals surface area (Å²) in [5, 5.41) is 3.28. The largest absolute Gasteiger partial charge is 0.370 e. The minimum atomic E-state index is 0. The van der Waals surface area contributed by atoms with Crippen molar-refractivity contribution < 1.29 is 0 Å². The van der Waals surface area contributed by atoms with E-state index in [0.717, 1.165) is 37.5 Å². The first-order valence-corrected chi connectivity index (χ1v) is 9.61. The van der Waals surface area contributed by atoms with Gasteiger partial charge in [0, 0.05) is 24.9 Å². The molecule has 0 unspecified atom stereocenters. The van der Waals surface area contributed by atoms with E-state index in [1.54, 1.807) is 11.3 Å². The fourth-order valence-electron chi connectivity index (χ4n) is 2.93. The molecule has 1 fully saturated rings. The van der Waals surface area contributed by atoms with Gasteiger partial charge in [-0.3, -0.25) is 0 Å². The lowest BCUT2D eigenvalue weighted by atomic mass is 10.00. The van der Waals surface area contributed by atoms with E-state index >= 15 is 0 Å². The highest BCUT2D eigenvalue weighted by Gasteiger charge is 2.16. The van der Waals surface area contributed by atoms with E-state index in [-0.39, 0.29) is 24.0 Å². The van der Waals surface area contributed by atoms with Crippen LogP contribution in [0, 0.1) is 5.92 Å². The van der Waals surface area contributed by atoms with Crippen LogP contribution in [0.5, 0.6) is 0 Å². The zero-order valence-corrected chi connectivity index (χ0v) is 17.9. The van der Waals surface area contributed by atoms with Crippen LogP contribution in [0.3, 0.4) is 0 Å². The molecule has 0 saturated carbocycles. The summed E-state index contributed by atoms with van der Waals surface area (Å²) in [6.45, 7) is 4.93. The zero-order chi connectivity index (χ0) is 16.8. The third kappa shape index (κ3) is 6.26. The monoisotopic (exact) mass is 470 g/mol. The van der Waals surface area contributed by atoms with Crippen LogP contribution >= 0.6 is 35.3 Å². The van der Waals surface area contributed by atoms with Crippen molar-refractivity contribution in [1.29, 1.82) is 0 Å². The summed E-state index contributed by atoms with van der Waals surface area (Å²) in [6, 6.07) is 10.6. The highest BCUT2D eigenvalue weighted by Crippen LogP contribution is 2.16. The number of benzene rings is 1. The van der Waals surface area contributed by atoms with Crippen LogP contribution < -0.4 is 5.73 Å². The van der Waals surface area contributed by atoms with Crippen LogP contribution in [0.1, 0.15) is 36.0 Å². The zero-order valence-electron chi connectivity index (χ0n) is 14.7. The molecule has 0 spiro atoms. The summed E-state index contributed by atoms with van der Waals surface area (Å²) in [4.78, 5) is 11.4. The van der Waals surface area contributed by atoms with Gasteiger partial charge in [-0.1, -0.05) is 37.3 Å².